The normalized spacial score (nSPS) is 11.1. The summed E-state index contributed by atoms with van der Waals surface area (Å²) < 4.78 is 12.6. The van der Waals surface area contributed by atoms with Gasteiger partial charge >= 0.3 is 0 Å². The Morgan fingerprint density at radius 2 is 1.96 bits per heavy atom. The quantitative estimate of drug-likeness (QED) is 0.553. The van der Waals surface area contributed by atoms with Crippen molar-refractivity contribution < 1.29 is 14.1 Å². The van der Waals surface area contributed by atoms with Gasteiger partial charge < -0.3 is 15.0 Å². The average molecular weight is 377 g/mol. The van der Waals surface area contributed by atoms with E-state index in [4.69, 9.17) is 15.0 Å². The van der Waals surface area contributed by atoms with Gasteiger partial charge in [-0.15, -0.1) is 0 Å². The second-order valence-electron chi connectivity index (χ2n) is 6.42. The van der Waals surface area contributed by atoms with Crippen LogP contribution in [0.25, 0.3) is 16.9 Å². The number of primary amides is 1. The lowest BCUT2D eigenvalue weighted by Crippen LogP contribution is -2.13. The van der Waals surface area contributed by atoms with Crippen LogP contribution in [0.2, 0.25) is 0 Å². The monoisotopic (exact) mass is 377 g/mol. The Bertz CT molecular complexity index is 1130. The number of carbonyl (C=O) groups is 1. The van der Waals surface area contributed by atoms with Crippen molar-refractivity contribution in [2.75, 3.05) is 6.61 Å². The molecule has 0 fully saturated rings. The molecule has 0 saturated carbocycles. The lowest BCUT2D eigenvalue weighted by molar-refractivity contribution is 0.100. The number of pyridine rings is 1. The first-order chi connectivity index (χ1) is 13.5. The molecule has 142 valence electrons. The summed E-state index contributed by atoms with van der Waals surface area (Å²) in [6, 6.07) is 11.1. The summed E-state index contributed by atoms with van der Waals surface area (Å²) in [5, 5.41) is 8.16. The van der Waals surface area contributed by atoms with Crippen LogP contribution in [-0.4, -0.2) is 32.3 Å². The van der Waals surface area contributed by atoms with E-state index in [1.165, 1.54) is 6.33 Å². The first kappa shape index (κ1) is 17.7. The summed E-state index contributed by atoms with van der Waals surface area (Å²) >= 11 is 0. The summed E-state index contributed by atoms with van der Waals surface area (Å²) in [4.78, 5) is 15.7. The summed E-state index contributed by atoms with van der Waals surface area (Å²) in [7, 11) is 0. The SMILES string of the molecule is Cc1noc(C)c1CCOc1ccc(-c2ccc(C(N)=O)c3ncnn23)cc1. The fourth-order valence-electron chi connectivity index (χ4n) is 3.17. The third-order valence-electron chi connectivity index (χ3n) is 4.64. The predicted octanol–water partition coefficient (Wildman–Crippen LogP) is 2.72. The number of fused-ring (bicyclic) bond motifs is 1. The Balaban J connectivity index is 1.51. The number of aromatic nitrogens is 4. The first-order valence-corrected chi connectivity index (χ1v) is 8.82. The molecule has 0 unspecified atom stereocenters. The van der Waals surface area contributed by atoms with Crippen molar-refractivity contribution in [3.63, 3.8) is 0 Å². The minimum atomic E-state index is -0.536. The highest BCUT2D eigenvalue weighted by Crippen LogP contribution is 2.24. The largest absolute Gasteiger partial charge is 0.493 e. The van der Waals surface area contributed by atoms with Crippen LogP contribution >= 0.6 is 0 Å². The van der Waals surface area contributed by atoms with Gasteiger partial charge in [-0.1, -0.05) is 5.16 Å². The van der Waals surface area contributed by atoms with Crippen LogP contribution in [0, 0.1) is 13.8 Å². The predicted molar refractivity (Wildman–Crippen MR) is 102 cm³/mol. The molecule has 0 radical (unpaired) electrons. The van der Waals surface area contributed by atoms with E-state index >= 15 is 0 Å². The molecule has 0 bridgehead atoms. The number of hydrogen-bond acceptors (Lipinski definition) is 6. The summed E-state index contributed by atoms with van der Waals surface area (Å²) in [6.07, 6.45) is 2.13. The third kappa shape index (κ3) is 3.20. The van der Waals surface area contributed by atoms with Crippen molar-refractivity contribution in [3.8, 4) is 17.0 Å². The van der Waals surface area contributed by atoms with E-state index in [9.17, 15) is 4.79 Å². The number of carbonyl (C=O) groups excluding carboxylic acids is 1. The molecule has 0 aliphatic rings. The van der Waals surface area contributed by atoms with Gasteiger partial charge in [0.15, 0.2) is 5.65 Å². The Kier molecular flexibility index (Phi) is 4.52. The van der Waals surface area contributed by atoms with Gasteiger partial charge in [-0.3, -0.25) is 4.79 Å². The second-order valence-corrected chi connectivity index (χ2v) is 6.42. The maximum atomic E-state index is 11.5. The zero-order chi connectivity index (χ0) is 19.7. The van der Waals surface area contributed by atoms with E-state index in [1.807, 2.05) is 38.1 Å². The van der Waals surface area contributed by atoms with Gasteiger partial charge in [0.05, 0.1) is 23.6 Å². The lowest BCUT2D eigenvalue weighted by Gasteiger charge is -2.09. The number of nitrogens with zero attached hydrogens (tertiary/aromatic N) is 4. The Labute approximate surface area is 160 Å². The average Bonchev–Trinajstić information content (AvgIpc) is 3.30. The zero-order valence-corrected chi connectivity index (χ0v) is 15.5. The van der Waals surface area contributed by atoms with Crippen LogP contribution in [0.1, 0.15) is 27.4 Å². The maximum Gasteiger partial charge on any atom is 0.252 e. The molecule has 8 heteroatoms. The molecule has 4 rings (SSSR count). The highest BCUT2D eigenvalue weighted by molar-refractivity contribution is 5.99. The van der Waals surface area contributed by atoms with E-state index in [0.717, 1.165) is 40.4 Å². The topological polar surface area (TPSA) is 109 Å². The van der Waals surface area contributed by atoms with Crippen LogP contribution in [0.15, 0.2) is 47.2 Å². The van der Waals surface area contributed by atoms with Crippen LogP contribution in [-0.2, 0) is 6.42 Å². The minimum Gasteiger partial charge on any atom is -0.493 e. The number of rotatable bonds is 6. The minimum absolute atomic E-state index is 0.334. The number of ether oxygens (including phenoxy) is 1. The van der Waals surface area contributed by atoms with E-state index in [0.29, 0.717) is 17.8 Å². The van der Waals surface area contributed by atoms with Gasteiger partial charge in [0.1, 0.15) is 17.8 Å². The van der Waals surface area contributed by atoms with E-state index in [1.54, 1.807) is 16.6 Å². The molecule has 8 nitrogen and oxygen atoms in total. The maximum absolute atomic E-state index is 11.5. The number of nitrogens with two attached hydrogens (primary N) is 1. The van der Waals surface area contributed by atoms with Crippen LogP contribution in [0.5, 0.6) is 5.75 Å². The molecule has 3 aromatic heterocycles. The molecule has 4 aromatic rings. The molecule has 1 amide bonds. The standard InChI is InChI=1S/C20H19N5O3/c1-12-16(13(2)28-24-12)9-10-27-15-5-3-14(4-6-15)18-8-7-17(19(21)26)20-22-11-23-25(18)20/h3-8,11H,9-10H2,1-2H3,(H2,21,26). The number of amides is 1. The Morgan fingerprint density at radius 3 is 2.64 bits per heavy atom. The van der Waals surface area contributed by atoms with Gasteiger partial charge in [0.25, 0.3) is 5.91 Å². The molecule has 0 aliphatic heterocycles. The fraction of sp³-hybridized carbons (Fsp3) is 0.200. The van der Waals surface area contributed by atoms with Crippen molar-refractivity contribution in [2.45, 2.75) is 20.3 Å². The second kappa shape index (κ2) is 7.15. The zero-order valence-electron chi connectivity index (χ0n) is 15.5. The number of benzene rings is 1. The van der Waals surface area contributed by atoms with Gasteiger partial charge in [-0.25, -0.2) is 9.50 Å². The summed E-state index contributed by atoms with van der Waals surface area (Å²) in [5.74, 6) is 1.05. The number of aryl methyl sites for hydroxylation is 2. The van der Waals surface area contributed by atoms with Crippen molar-refractivity contribution in [3.05, 3.63) is 65.3 Å². The van der Waals surface area contributed by atoms with Crippen LogP contribution in [0.4, 0.5) is 0 Å². The lowest BCUT2D eigenvalue weighted by atomic mass is 10.1. The van der Waals surface area contributed by atoms with E-state index < -0.39 is 5.91 Å². The van der Waals surface area contributed by atoms with Gasteiger partial charge in [0.2, 0.25) is 0 Å². The van der Waals surface area contributed by atoms with Crippen LogP contribution in [0.3, 0.4) is 0 Å². The summed E-state index contributed by atoms with van der Waals surface area (Å²) in [6.45, 7) is 4.36. The van der Waals surface area contributed by atoms with Crippen molar-refractivity contribution in [1.29, 1.82) is 0 Å². The van der Waals surface area contributed by atoms with Gasteiger partial charge in [-0.05, 0) is 50.2 Å². The van der Waals surface area contributed by atoms with Crippen molar-refractivity contribution in [1.82, 2.24) is 19.8 Å². The molecular formula is C20H19N5O3. The molecule has 0 saturated heterocycles. The molecule has 0 aliphatic carbocycles. The molecule has 0 atom stereocenters. The van der Waals surface area contributed by atoms with Gasteiger partial charge in [0, 0.05) is 17.5 Å². The molecule has 28 heavy (non-hydrogen) atoms. The fourth-order valence-corrected chi connectivity index (χ4v) is 3.17. The van der Waals surface area contributed by atoms with Crippen molar-refractivity contribution in [2.24, 2.45) is 5.73 Å². The smallest absolute Gasteiger partial charge is 0.252 e. The highest BCUT2D eigenvalue weighted by Gasteiger charge is 2.13. The van der Waals surface area contributed by atoms with E-state index in [-0.39, 0.29) is 0 Å². The number of hydrogen-bond donors (Lipinski definition) is 1. The molecular weight excluding hydrogens is 358 g/mol. The summed E-state index contributed by atoms with van der Waals surface area (Å²) in [5.41, 5.74) is 9.88. The van der Waals surface area contributed by atoms with Crippen molar-refractivity contribution >= 4 is 11.6 Å². The molecule has 3 heterocycles. The first-order valence-electron chi connectivity index (χ1n) is 8.82. The molecule has 1 aromatic carbocycles. The van der Waals surface area contributed by atoms with Crippen LogP contribution < -0.4 is 10.5 Å². The van der Waals surface area contributed by atoms with Gasteiger partial charge in [-0.2, -0.15) is 5.10 Å². The Morgan fingerprint density at radius 1 is 1.18 bits per heavy atom. The molecule has 2 N–H and O–H groups in total. The van der Waals surface area contributed by atoms with E-state index in [2.05, 4.69) is 15.2 Å². The Hall–Kier alpha value is -3.68. The molecule has 0 spiro atoms. The highest BCUT2D eigenvalue weighted by atomic mass is 16.5. The third-order valence-corrected chi connectivity index (χ3v) is 4.64.